The van der Waals surface area contributed by atoms with Crippen LogP contribution in [0.3, 0.4) is 0 Å². The summed E-state index contributed by atoms with van der Waals surface area (Å²) >= 11 is 0. The number of aromatic nitrogens is 4. The largest absolute Gasteiger partial charge is 0.369 e. The third kappa shape index (κ3) is 2.48. The number of nitrogens with zero attached hydrogens (tertiary/aromatic N) is 4. The van der Waals surface area contributed by atoms with Gasteiger partial charge in [-0.05, 0) is 38.3 Å². The van der Waals surface area contributed by atoms with Gasteiger partial charge in [0.25, 0.3) is 0 Å². The summed E-state index contributed by atoms with van der Waals surface area (Å²) < 4.78 is 0. The van der Waals surface area contributed by atoms with Crippen molar-refractivity contribution in [1.29, 1.82) is 0 Å². The normalized spacial score (nSPS) is 23.6. The van der Waals surface area contributed by atoms with E-state index in [2.05, 4.69) is 36.2 Å². The summed E-state index contributed by atoms with van der Waals surface area (Å²) in [6.45, 7) is 3.32. The summed E-state index contributed by atoms with van der Waals surface area (Å²) in [6, 6.07) is 2.15. The first kappa shape index (κ1) is 14.8. The second-order valence-corrected chi connectivity index (χ2v) is 7.22. The van der Waals surface area contributed by atoms with Crippen LogP contribution >= 0.6 is 0 Å². The van der Waals surface area contributed by atoms with Crippen LogP contribution in [0.2, 0.25) is 0 Å². The molecule has 6 heteroatoms. The molecule has 1 unspecified atom stereocenters. The molecule has 2 N–H and O–H groups in total. The topological polar surface area (TPSA) is 69.7 Å². The van der Waals surface area contributed by atoms with Crippen molar-refractivity contribution in [3.63, 3.8) is 0 Å². The van der Waals surface area contributed by atoms with E-state index in [0.29, 0.717) is 5.54 Å². The molecular formula is C19H22N6. The molecule has 0 radical (unpaired) electrons. The number of fused-ring (bicyclic) bond motifs is 1. The maximum atomic E-state index is 4.53. The Hall–Kier alpha value is -2.47. The average molecular weight is 334 g/mol. The lowest BCUT2D eigenvalue weighted by Crippen LogP contribution is -2.54. The predicted molar refractivity (Wildman–Crippen MR) is 98.5 cm³/mol. The van der Waals surface area contributed by atoms with Crippen LogP contribution in [0.25, 0.3) is 22.2 Å². The van der Waals surface area contributed by atoms with E-state index >= 15 is 0 Å². The van der Waals surface area contributed by atoms with E-state index in [9.17, 15) is 0 Å². The van der Waals surface area contributed by atoms with Gasteiger partial charge in [0.1, 0.15) is 12.0 Å². The van der Waals surface area contributed by atoms with Crippen LogP contribution in [0.5, 0.6) is 0 Å². The number of aromatic amines is 1. The molecule has 2 aliphatic heterocycles. The Bertz CT molecular complexity index is 881. The number of pyridine rings is 1. The molecule has 3 aromatic rings. The van der Waals surface area contributed by atoms with Gasteiger partial charge in [-0.25, -0.2) is 15.0 Å². The highest BCUT2D eigenvalue weighted by atomic mass is 15.2. The molecule has 128 valence electrons. The molecule has 2 fully saturated rings. The van der Waals surface area contributed by atoms with Crippen molar-refractivity contribution >= 4 is 16.7 Å². The van der Waals surface area contributed by atoms with Gasteiger partial charge in [0.15, 0.2) is 0 Å². The lowest BCUT2D eigenvalue weighted by Gasteiger charge is -2.42. The number of H-pyrrole nitrogens is 1. The van der Waals surface area contributed by atoms with Crippen molar-refractivity contribution < 1.29 is 0 Å². The summed E-state index contributed by atoms with van der Waals surface area (Å²) in [5.74, 6) is 0. The maximum Gasteiger partial charge on any atom is 0.139 e. The fourth-order valence-corrected chi connectivity index (χ4v) is 4.52. The molecule has 0 aromatic carbocycles. The number of anilines is 1. The van der Waals surface area contributed by atoms with E-state index in [1.807, 2.05) is 24.8 Å². The summed E-state index contributed by atoms with van der Waals surface area (Å²) in [5, 5.41) is 4.95. The summed E-state index contributed by atoms with van der Waals surface area (Å²) in [6.07, 6.45) is 14.3. The zero-order valence-electron chi connectivity index (χ0n) is 14.2. The van der Waals surface area contributed by atoms with Crippen LogP contribution in [0.15, 0.2) is 37.2 Å². The lowest BCUT2D eigenvalue weighted by atomic mass is 9.87. The Labute approximate surface area is 146 Å². The molecule has 0 saturated carbocycles. The first-order chi connectivity index (χ1) is 12.3. The highest BCUT2D eigenvalue weighted by Crippen LogP contribution is 2.38. The van der Waals surface area contributed by atoms with Crippen molar-refractivity contribution in [2.75, 3.05) is 24.5 Å². The Morgan fingerprint density at radius 3 is 2.84 bits per heavy atom. The molecule has 5 heterocycles. The van der Waals surface area contributed by atoms with Crippen LogP contribution in [-0.2, 0) is 0 Å². The Morgan fingerprint density at radius 2 is 2.00 bits per heavy atom. The molecule has 0 amide bonds. The number of hydrogen-bond donors (Lipinski definition) is 2. The van der Waals surface area contributed by atoms with E-state index in [4.69, 9.17) is 0 Å². The molecule has 0 bridgehead atoms. The van der Waals surface area contributed by atoms with Gasteiger partial charge in [0, 0.05) is 60.2 Å². The molecule has 6 nitrogen and oxygen atoms in total. The molecule has 0 aliphatic carbocycles. The zero-order chi connectivity index (χ0) is 16.7. The zero-order valence-corrected chi connectivity index (χ0v) is 14.2. The van der Waals surface area contributed by atoms with Crippen molar-refractivity contribution in [3.05, 3.63) is 37.2 Å². The van der Waals surface area contributed by atoms with Crippen molar-refractivity contribution in [2.24, 2.45) is 0 Å². The van der Waals surface area contributed by atoms with Crippen molar-refractivity contribution in [1.82, 2.24) is 25.3 Å². The van der Waals surface area contributed by atoms with Gasteiger partial charge in [-0.3, -0.25) is 0 Å². The smallest absolute Gasteiger partial charge is 0.139 e. The molecule has 5 rings (SSSR count). The number of hydrogen-bond acceptors (Lipinski definition) is 5. The van der Waals surface area contributed by atoms with Gasteiger partial charge in [0.2, 0.25) is 0 Å². The molecular weight excluding hydrogens is 312 g/mol. The van der Waals surface area contributed by atoms with Crippen LogP contribution in [0.1, 0.15) is 25.7 Å². The molecule has 25 heavy (non-hydrogen) atoms. The third-order valence-electron chi connectivity index (χ3n) is 5.67. The van der Waals surface area contributed by atoms with Crippen LogP contribution in [0, 0.1) is 0 Å². The standard InChI is InChI=1S/C19H22N6/c1-4-19(24-6-1)5-2-8-25(12-19)16-3-7-22-18-17(16)15(11-23-18)14-9-20-13-21-10-14/h3,7,9-11,13,24H,1-2,4-6,8,12H2,(H,22,23). The van der Waals surface area contributed by atoms with Gasteiger partial charge < -0.3 is 15.2 Å². The highest BCUT2D eigenvalue weighted by molar-refractivity contribution is 6.02. The molecule has 2 aliphatic rings. The van der Waals surface area contributed by atoms with Gasteiger partial charge in [-0.15, -0.1) is 0 Å². The number of nitrogens with one attached hydrogen (secondary N) is 2. The second kappa shape index (κ2) is 5.81. The summed E-state index contributed by atoms with van der Waals surface area (Å²) in [4.78, 5) is 18.7. The summed E-state index contributed by atoms with van der Waals surface area (Å²) in [5.41, 5.74) is 4.62. The first-order valence-electron chi connectivity index (χ1n) is 9.06. The quantitative estimate of drug-likeness (QED) is 0.754. The predicted octanol–water partition coefficient (Wildman–Crippen LogP) is 2.74. The third-order valence-corrected chi connectivity index (χ3v) is 5.67. The Balaban J connectivity index is 1.60. The van der Waals surface area contributed by atoms with Crippen molar-refractivity contribution in [2.45, 2.75) is 31.2 Å². The Kier molecular flexibility index (Phi) is 3.45. The molecule has 1 spiro atoms. The minimum absolute atomic E-state index is 0.292. The van der Waals surface area contributed by atoms with Gasteiger partial charge in [-0.1, -0.05) is 0 Å². The monoisotopic (exact) mass is 334 g/mol. The van der Waals surface area contributed by atoms with Crippen LogP contribution < -0.4 is 10.2 Å². The molecule has 2 saturated heterocycles. The maximum absolute atomic E-state index is 4.53. The average Bonchev–Trinajstić information content (AvgIpc) is 3.29. The minimum Gasteiger partial charge on any atom is -0.369 e. The van der Waals surface area contributed by atoms with Gasteiger partial charge >= 0.3 is 0 Å². The van der Waals surface area contributed by atoms with E-state index in [1.165, 1.54) is 36.8 Å². The SMILES string of the molecule is c1ncc(-c2c[nH]c3nccc(N4CCCC5(CCCN5)C4)c23)cn1. The lowest BCUT2D eigenvalue weighted by molar-refractivity contribution is 0.308. The molecule has 1 atom stereocenters. The van der Waals surface area contributed by atoms with Gasteiger partial charge in [-0.2, -0.15) is 0 Å². The van der Waals surface area contributed by atoms with E-state index in [-0.39, 0.29) is 0 Å². The highest BCUT2D eigenvalue weighted by Gasteiger charge is 2.38. The fourth-order valence-electron chi connectivity index (χ4n) is 4.52. The second-order valence-electron chi connectivity index (χ2n) is 7.22. The molecule has 3 aromatic heterocycles. The number of piperidine rings is 1. The fraction of sp³-hybridized carbons (Fsp3) is 0.421. The van der Waals surface area contributed by atoms with E-state index in [1.54, 1.807) is 6.33 Å². The van der Waals surface area contributed by atoms with Crippen LogP contribution in [0.4, 0.5) is 5.69 Å². The first-order valence-corrected chi connectivity index (χ1v) is 9.06. The van der Waals surface area contributed by atoms with Gasteiger partial charge in [0.05, 0.1) is 5.39 Å². The number of rotatable bonds is 2. The Morgan fingerprint density at radius 1 is 1.12 bits per heavy atom. The summed E-state index contributed by atoms with van der Waals surface area (Å²) in [7, 11) is 0. The van der Waals surface area contributed by atoms with Crippen molar-refractivity contribution in [3.8, 4) is 11.1 Å². The van der Waals surface area contributed by atoms with E-state index in [0.717, 1.165) is 36.4 Å². The van der Waals surface area contributed by atoms with Crippen LogP contribution in [-0.4, -0.2) is 45.1 Å². The minimum atomic E-state index is 0.292. The van der Waals surface area contributed by atoms with E-state index < -0.39 is 0 Å².